The Balaban J connectivity index is 2.68. The molecular formula is C14H17F2N3O. The van der Waals surface area contributed by atoms with Crippen molar-refractivity contribution < 1.29 is 13.5 Å². The van der Waals surface area contributed by atoms with Gasteiger partial charge in [0.1, 0.15) is 5.75 Å². The molecule has 4 nitrogen and oxygen atoms in total. The van der Waals surface area contributed by atoms with Gasteiger partial charge in [-0.05, 0) is 31.0 Å². The maximum atomic E-state index is 12.3. The summed E-state index contributed by atoms with van der Waals surface area (Å²) in [5.41, 5.74) is 5.87. The molecule has 1 heterocycles. The van der Waals surface area contributed by atoms with Gasteiger partial charge in [0.25, 0.3) is 0 Å². The van der Waals surface area contributed by atoms with Crippen LogP contribution in [0, 0.1) is 6.92 Å². The average Bonchev–Trinajstić information content (AvgIpc) is 2.36. The second-order valence-electron chi connectivity index (χ2n) is 4.84. The van der Waals surface area contributed by atoms with Crippen molar-refractivity contribution >= 4 is 16.6 Å². The Morgan fingerprint density at radius 1 is 1.30 bits per heavy atom. The van der Waals surface area contributed by atoms with Crippen LogP contribution < -0.4 is 16.0 Å². The number of fused-ring (bicyclic) bond motifs is 1. The predicted octanol–water partition coefficient (Wildman–Crippen LogP) is 3.55. The molecule has 0 unspecified atom stereocenters. The first-order valence-corrected chi connectivity index (χ1v) is 6.29. The summed E-state index contributed by atoms with van der Waals surface area (Å²) in [4.78, 5) is 4.49. The normalized spacial score (nSPS) is 11.4. The number of pyridine rings is 1. The van der Waals surface area contributed by atoms with Crippen LogP contribution in [-0.2, 0) is 0 Å². The van der Waals surface area contributed by atoms with E-state index in [4.69, 9.17) is 5.84 Å². The highest BCUT2D eigenvalue weighted by Gasteiger charge is 2.16. The number of ether oxygens (including phenoxy) is 1. The van der Waals surface area contributed by atoms with Crippen LogP contribution in [0.25, 0.3) is 10.9 Å². The number of nitrogens with zero attached hydrogens (tertiary/aromatic N) is 1. The lowest BCUT2D eigenvalue weighted by atomic mass is 9.97. The third-order valence-corrected chi connectivity index (χ3v) is 3.13. The number of nitrogen functional groups attached to an aromatic ring is 1. The molecule has 2 aromatic rings. The summed E-state index contributed by atoms with van der Waals surface area (Å²) in [6.07, 6.45) is 0. The molecule has 20 heavy (non-hydrogen) atoms. The maximum absolute atomic E-state index is 12.3. The van der Waals surface area contributed by atoms with Gasteiger partial charge in [-0.1, -0.05) is 13.8 Å². The Morgan fingerprint density at radius 3 is 2.55 bits per heavy atom. The lowest BCUT2D eigenvalue weighted by Crippen LogP contribution is -2.13. The van der Waals surface area contributed by atoms with E-state index in [9.17, 15) is 8.78 Å². The number of nitrogens with one attached hydrogen (secondary N) is 1. The molecule has 0 saturated heterocycles. The minimum absolute atomic E-state index is 0.0874. The van der Waals surface area contributed by atoms with E-state index in [1.165, 1.54) is 12.1 Å². The van der Waals surface area contributed by atoms with Gasteiger partial charge in [-0.2, -0.15) is 8.78 Å². The summed E-state index contributed by atoms with van der Waals surface area (Å²) >= 11 is 0. The third kappa shape index (κ3) is 2.65. The summed E-state index contributed by atoms with van der Waals surface area (Å²) in [7, 11) is 0. The number of aryl methyl sites for hydroxylation is 1. The second kappa shape index (κ2) is 5.58. The van der Waals surface area contributed by atoms with Crippen molar-refractivity contribution in [1.82, 2.24) is 4.98 Å². The van der Waals surface area contributed by atoms with E-state index < -0.39 is 6.61 Å². The van der Waals surface area contributed by atoms with Crippen molar-refractivity contribution in [1.29, 1.82) is 0 Å². The minimum Gasteiger partial charge on any atom is -0.435 e. The molecule has 3 N–H and O–H groups in total. The quantitative estimate of drug-likeness (QED) is 0.664. The molecule has 0 amide bonds. The lowest BCUT2D eigenvalue weighted by molar-refractivity contribution is -0.0497. The zero-order valence-electron chi connectivity index (χ0n) is 11.6. The number of alkyl halides is 2. The fourth-order valence-corrected chi connectivity index (χ4v) is 2.42. The smallest absolute Gasteiger partial charge is 0.387 e. The van der Waals surface area contributed by atoms with E-state index in [2.05, 4.69) is 15.1 Å². The van der Waals surface area contributed by atoms with Crippen LogP contribution in [0.5, 0.6) is 5.75 Å². The number of anilines is 1. The molecule has 2 rings (SSSR count). The Hall–Kier alpha value is -1.95. The Labute approximate surface area is 115 Å². The highest BCUT2D eigenvalue weighted by Crippen LogP contribution is 2.34. The number of rotatable bonds is 4. The zero-order valence-corrected chi connectivity index (χ0v) is 11.6. The number of halogens is 2. The Bertz CT molecular complexity index is 629. The van der Waals surface area contributed by atoms with Crippen LogP contribution in [0.15, 0.2) is 18.2 Å². The largest absolute Gasteiger partial charge is 0.435 e. The molecular weight excluding hydrogens is 264 g/mol. The van der Waals surface area contributed by atoms with Gasteiger partial charge in [0.2, 0.25) is 0 Å². The van der Waals surface area contributed by atoms with E-state index in [0.29, 0.717) is 16.6 Å². The van der Waals surface area contributed by atoms with Crippen LogP contribution in [0.2, 0.25) is 0 Å². The highest BCUT2D eigenvalue weighted by molar-refractivity contribution is 5.94. The van der Waals surface area contributed by atoms with E-state index in [0.717, 1.165) is 11.3 Å². The number of hydrogen-bond acceptors (Lipinski definition) is 4. The zero-order chi connectivity index (χ0) is 14.9. The van der Waals surface area contributed by atoms with Crippen molar-refractivity contribution in [2.24, 2.45) is 5.84 Å². The van der Waals surface area contributed by atoms with Crippen LogP contribution in [0.1, 0.15) is 31.0 Å². The van der Waals surface area contributed by atoms with Gasteiger partial charge in [-0.15, -0.1) is 0 Å². The summed E-state index contributed by atoms with van der Waals surface area (Å²) < 4.78 is 29.0. The third-order valence-electron chi connectivity index (χ3n) is 3.13. The summed E-state index contributed by atoms with van der Waals surface area (Å²) in [5.74, 6) is 5.90. The van der Waals surface area contributed by atoms with Crippen molar-refractivity contribution in [2.45, 2.75) is 33.3 Å². The topological polar surface area (TPSA) is 60.2 Å². The molecule has 0 bridgehead atoms. The molecule has 0 atom stereocenters. The van der Waals surface area contributed by atoms with E-state index in [-0.39, 0.29) is 11.7 Å². The van der Waals surface area contributed by atoms with E-state index in [1.807, 2.05) is 20.8 Å². The molecule has 0 fully saturated rings. The first-order chi connectivity index (χ1) is 9.43. The highest BCUT2D eigenvalue weighted by atomic mass is 19.3. The van der Waals surface area contributed by atoms with Crippen LogP contribution in [0.4, 0.5) is 14.5 Å². The van der Waals surface area contributed by atoms with Gasteiger partial charge in [0.05, 0.1) is 11.2 Å². The molecule has 0 saturated carbocycles. The van der Waals surface area contributed by atoms with Crippen molar-refractivity contribution in [2.75, 3.05) is 5.43 Å². The van der Waals surface area contributed by atoms with Crippen molar-refractivity contribution in [3.05, 3.63) is 29.5 Å². The fraction of sp³-hybridized carbons (Fsp3) is 0.357. The van der Waals surface area contributed by atoms with Gasteiger partial charge in [0.15, 0.2) is 0 Å². The lowest BCUT2D eigenvalue weighted by Gasteiger charge is -2.18. The number of hydrogen-bond donors (Lipinski definition) is 2. The average molecular weight is 281 g/mol. The van der Waals surface area contributed by atoms with Gasteiger partial charge in [-0.25, -0.2) is 0 Å². The van der Waals surface area contributed by atoms with E-state index in [1.54, 1.807) is 6.07 Å². The number of hydrazine groups is 1. The summed E-state index contributed by atoms with van der Waals surface area (Å²) in [6, 6.07) is 4.64. The van der Waals surface area contributed by atoms with Gasteiger partial charge < -0.3 is 10.2 Å². The van der Waals surface area contributed by atoms with Gasteiger partial charge >= 0.3 is 6.61 Å². The van der Waals surface area contributed by atoms with Crippen molar-refractivity contribution in [3.8, 4) is 5.75 Å². The molecule has 108 valence electrons. The maximum Gasteiger partial charge on any atom is 0.387 e. The SMILES string of the molecule is Cc1nc2ccc(OC(F)F)cc2c(NN)c1C(C)C. The minimum atomic E-state index is -2.86. The standard InChI is InChI=1S/C14H17F2N3O/c1-7(2)12-8(3)18-11-5-4-9(20-14(15)16)6-10(11)13(12)19-17/h4-7,14H,17H2,1-3H3,(H,18,19). The van der Waals surface area contributed by atoms with Crippen molar-refractivity contribution in [3.63, 3.8) is 0 Å². The number of nitrogens with two attached hydrogens (primary N) is 1. The molecule has 1 aromatic carbocycles. The molecule has 0 spiro atoms. The molecule has 0 radical (unpaired) electrons. The predicted molar refractivity (Wildman–Crippen MR) is 75.0 cm³/mol. The summed E-state index contributed by atoms with van der Waals surface area (Å²) in [6.45, 7) is 3.09. The fourth-order valence-electron chi connectivity index (χ4n) is 2.42. The molecule has 0 aliphatic carbocycles. The van der Waals surface area contributed by atoms with E-state index >= 15 is 0 Å². The number of benzene rings is 1. The van der Waals surface area contributed by atoms with Gasteiger partial charge in [0, 0.05) is 16.6 Å². The van der Waals surface area contributed by atoms with Gasteiger partial charge in [-0.3, -0.25) is 10.8 Å². The molecule has 0 aliphatic heterocycles. The molecule has 6 heteroatoms. The first kappa shape index (κ1) is 14.5. The first-order valence-electron chi connectivity index (χ1n) is 6.29. The van der Waals surface area contributed by atoms with Crippen LogP contribution >= 0.6 is 0 Å². The Morgan fingerprint density at radius 2 is 2.00 bits per heavy atom. The monoisotopic (exact) mass is 281 g/mol. The molecule has 1 aromatic heterocycles. The number of aromatic nitrogens is 1. The second-order valence-corrected chi connectivity index (χ2v) is 4.84. The van der Waals surface area contributed by atoms with Crippen LogP contribution in [-0.4, -0.2) is 11.6 Å². The summed E-state index contributed by atoms with van der Waals surface area (Å²) in [5, 5.41) is 0.667. The van der Waals surface area contributed by atoms with Crippen LogP contribution in [0.3, 0.4) is 0 Å². The molecule has 0 aliphatic rings. The Kier molecular flexibility index (Phi) is 4.04.